The molecule has 5 rings (SSSR count). The summed E-state index contributed by atoms with van der Waals surface area (Å²) in [4.78, 5) is 80.8. The number of ether oxygens (including phenoxy) is 5. The fourth-order valence-corrected chi connectivity index (χ4v) is 6.45. The van der Waals surface area contributed by atoms with Crippen LogP contribution >= 0.6 is 23.2 Å². The van der Waals surface area contributed by atoms with E-state index in [0.717, 1.165) is 6.07 Å². The molecule has 0 heterocycles. The lowest BCUT2D eigenvalue weighted by Gasteiger charge is -2.25. The minimum atomic E-state index is -0.762. The van der Waals surface area contributed by atoms with Crippen LogP contribution in [0, 0.1) is 23.7 Å². The number of halogens is 2. The first-order valence-electron chi connectivity index (χ1n) is 17.7. The molecule has 58 heavy (non-hydrogen) atoms. The summed E-state index contributed by atoms with van der Waals surface area (Å²) in [5, 5.41) is 37.0. The second-order valence-electron chi connectivity index (χ2n) is 13.1. The van der Waals surface area contributed by atoms with Crippen LogP contribution in [0.1, 0.15) is 82.4 Å². The Morgan fingerprint density at radius 1 is 0.466 bits per heavy atom. The van der Waals surface area contributed by atoms with E-state index in [1.54, 1.807) is 0 Å². The highest BCUT2D eigenvalue weighted by Gasteiger charge is 2.33. The number of aromatic hydroxyl groups is 4. The lowest BCUT2D eigenvalue weighted by molar-refractivity contribution is -0.145. The Morgan fingerprint density at radius 2 is 0.759 bits per heavy atom. The summed E-state index contributed by atoms with van der Waals surface area (Å²) in [6.07, 6.45) is 4.37. The number of benzene rings is 3. The van der Waals surface area contributed by atoms with E-state index in [1.807, 2.05) is 0 Å². The van der Waals surface area contributed by atoms with Gasteiger partial charge in [0, 0.05) is 11.8 Å². The van der Waals surface area contributed by atoms with Gasteiger partial charge in [0.1, 0.15) is 51.2 Å². The molecule has 0 spiro atoms. The Hall–Kier alpha value is -5.87. The maximum Gasteiger partial charge on any atom is 0.341 e. The summed E-state index contributed by atoms with van der Waals surface area (Å²) >= 11 is 10.7. The smallest absolute Gasteiger partial charge is 0.341 e. The first-order chi connectivity index (χ1) is 27.5. The van der Waals surface area contributed by atoms with Crippen LogP contribution in [0.5, 0.6) is 34.5 Å². The average molecular weight is 850 g/mol. The zero-order chi connectivity index (χ0) is 43.1. The molecule has 0 amide bonds. The minimum absolute atomic E-state index is 0.0440. The van der Waals surface area contributed by atoms with E-state index in [4.69, 9.17) is 42.9 Å². The van der Waals surface area contributed by atoms with Crippen molar-refractivity contribution in [2.75, 3.05) is 21.3 Å². The normalized spacial score (nSPS) is 18.3. The predicted octanol–water partition coefficient (Wildman–Crippen LogP) is 6.20. The van der Waals surface area contributed by atoms with Gasteiger partial charge in [0.05, 0.1) is 33.2 Å². The maximum atomic E-state index is 12.5. The first-order valence-corrected chi connectivity index (χ1v) is 18.5. The lowest BCUT2D eigenvalue weighted by atomic mass is 9.82. The SMILES string of the molecule is COC(=O)c1cc(O)ccc1O.COC(=O)c1cc(OC(=O)C2CCC(C(=O)Oc3ccc(O)c(C(=O)OC)c3)CC2)ccc1O.O=C(Cl)C1CCC(C(=O)Cl)CC1. The first kappa shape index (κ1) is 46.5. The molecular formula is C40H42Cl2O16. The van der Waals surface area contributed by atoms with Crippen molar-refractivity contribution >= 4 is 63.5 Å². The van der Waals surface area contributed by atoms with Gasteiger partial charge >= 0.3 is 29.8 Å². The Balaban J connectivity index is 0.000000303. The van der Waals surface area contributed by atoms with E-state index in [2.05, 4.69) is 14.2 Å². The summed E-state index contributed by atoms with van der Waals surface area (Å²) in [7, 11) is 3.54. The molecule has 0 bridgehead atoms. The molecule has 18 heteroatoms. The van der Waals surface area contributed by atoms with Crippen molar-refractivity contribution in [3.8, 4) is 34.5 Å². The zero-order valence-corrected chi connectivity index (χ0v) is 33.1. The molecule has 2 saturated carbocycles. The zero-order valence-electron chi connectivity index (χ0n) is 31.6. The van der Waals surface area contributed by atoms with E-state index in [9.17, 15) is 43.8 Å². The van der Waals surface area contributed by atoms with Gasteiger partial charge in [-0.25, -0.2) is 14.4 Å². The number of hydrogen-bond acceptors (Lipinski definition) is 16. The third-order valence-corrected chi connectivity index (χ3v) is 9.95. The van der Waals surface area contributed by atoms with Gasteiger partial charge in [0.25, 0.3) is 0 Å². The number of methoxy groups -OCH3 is 3. The quantitative estimate of drug-likeness (QED) is 0.0616. The minimum Gasteiger partial charge on any atom is -0.508 e. The molecule has 0 atom stereocenters. The summed E-state index contributed by atoms with van der Waals surface area (Å²) in [6, 6.07) is 11.3. The average Bonchev–Trinajstić information content (AvgIpc) is 3.22. The van der Waals surface area contributed by atoms with Crippen molar-refractivity contribution in [1.82, 2.24) is 0 Å². The third-order valence-electron chi connectivity index (χ3n) is 9.33. The van der Waals surface area contributed by atoms with Crippen LogP contribution in [0.15, 0.2) is 54.6 Å². The summed E-state index contributed by atoms with van der Waals surface area (Å²) in [5.74, 6) is -4.91. The van der Waals surface area contributed by atoms with E-state index in [0.29, 0.717) is 51.4 Å². The van der Waals surface area contributed by atoms with Gasteiger partial charge in [-0.3, -0.25) is 19.2 Å². The second-order valence-corrected chi connectivity index (χ2v) is 13.8. The van der Waals surface area contributed by atoms with Crippen LogP contribution < -0.4 is 9.47 Å². The molecule has 3 aromatic rings. The number of phenols is 4. The molecule has 0 aliphatic heterocycles. The highest BCUT2D eigenvalue weighted by Crippen LogP contribution is 2.34. The van der Waals surface area contributed by atoms with Crippen molar-refractivity contribution in [2.24, 2.45) is 23.7 Å². The molecule has 2 fully saturated rings. The molecule has 4 N–H and O–H groups in total. The summed E-state index contributed by atoms with van der Waals surface area (Å²) in [5.41, 5.74) is -0.287. The molecular weight excluding hydrogens is 807 g/mol. The third kappa shape index (κ3) is 13.4. The topological polar surface area (TPSA) is 247 Å². The number of carbonyl (C=O) groups excluding carboxylic acids is 7. The monoisotopic (exact) mass is 848 g/mol. The van der Waals surface area contributed by atoms with Gasteiger partial charge in [-0.2, -0.15) is 0 Å². The number of rotatable bonds is 9. The van der Waals surface area contributed by atoms with Crippen LogP contribution in [-0.4, -0.2) is 82.1 Å². The number of carbonyl (C=O) groups is 7. The van der Waals surface area contributed by atoms with E-state index in [-0.39, 0.29) is 73.5 Å². The molecule has 0 saturated heterocycles. The van der Waals surface area contributed by atoms with Crippen LogP contribution in [0.25, 0.3) is 0 Å². The number of hydrogen-bond donors (Lipinski definition) is 4. The van der Waals surface area contributed by atoms with E-state index < -0.39 is 41.7 Å². The van der Waals surface area contributed by atoms with Crippen molar-refractivity contribution < 1.29 is 77.7 Å². The maximum absolute atomic E-state index is 12.5. The van der Waals surface area contributed by atoms with Crippen LogP contribution in [0.3, 0.4) is 0 Å². The second kappa shape index (κ2) is 22.2. The highest BCUT2D eigenvalue weighted by atomic mass is 35.5. The highest BCUT2D eigenvalue weighted by molar-refractivity contribution is 6.64. The van der Waals surface area contributed by atoms with Gasteiger partial charge in [0.2, 0.25) is 10.5 Å². The molecule has 2 aliphatic carbocycles. The Kier molecular flexibility index (Phi) is 17.8. The van der Waals surface area contributed by atoms with Gasteiger partial charge in [-0.15, -0.1) is 0 Å². The van der Waals surface area contributed by atoms with E-state index in [1.165, 1.54) is 69.9 Å². The molecule has 16 nitrogen and oxygen atoms in total. The van der Waals surface area contributed by atoms with Crippen LogP contribution in [0.4, 0.5) is 0 Å². The standard InChI is InChI=1S/C24H24O10.C8H10Cl2O2.C8H8O4/c1-31-23(29)17-11-15(7-9-19(17)25)33-21(27)13-3-5-14(6-4-13)22(28)34-16-8-10-20(26)18(12-16)24(30)32-2;9-7(11)5-1-2-6(4-3-5)8(10)12;1-12-8(11)6-4-5(9)2-3-7(6)10/h7-14,25-26H,3-6H2,1-2H3;5-6H,1-4H2;2-4,9-10H,1H3. The fraction of sp³-hybridized carbons (Fsp3) is 0.375. The largest absolute Gasteiger partial charge is 0.508 e. The predicted molar refractivity (Wildman–Crippen MR) is 204 cm³/mol. The van der Waals surface area contributed by atoms with Crippen molar-refractivity contribution in [3.05, 3.63) is 71.3 Å². The molecule has 312 valence electrons. The van der Waals surface area contributed by atoms with Crippen molar-refractivity contribution in [3.63, 3.8) is 0 Å². The molecule has 2 aliphatic rings. The summed E-state index contributed by atoms with van der Waals surface area (Å²) in [6.45, 7) is 0. The van der Waals surface area contributed by atoms with E-state index >= 15 is 0 Å². The van der Waals surface area contributed by atoms with Crippen LogP contribution in [-0.2, 0) is 33.4 Å². The van der Waals surface area contributed by atoms with Gasteiger partial charge in [0.15, 0.2) is 0 Å². The molecule has 0 radical (unpaired) electrons. The number of esters is 5. The molecule has 0 unspecified atom stereocenters. The van der Waals surface area contributed by atoms with Gasteiger partial charge in [-0.05, 0) is 129 Å². The fourth-order valence-electron chi connectivity index (χ4n) is 6.01. The molecule has 0 aromatic heterocycles. The molecule has 3 aromatic carbocycles. The Labute approximate surface area is 342 Å². The Bertz CT molecular complexity index is 1870. The van der Waals surface area contributed by atoms with Gasteiger partial charge in [-0.1, -0.05) is 0 Å². The van der Waals surface area contributed by atoms with Gasteiger partial charge < -0.3 is 44.1 Å². The number of phenolic OH excluding ortho intramolecular Hbond substituents is 4. The summed E-state index contributed by atoms with van der Waals surface area (Å²) < 4.78 is 24.2. The van der Waals surface area contributed by atoms with Crippen molar-refractivity contribution in [1.29, 1.82) is 0 Å². The lowest BCUT2D eigenvalue weighted by Crippen LogP contribution is -2.30. The van der Waals surface area contributed by atoms with Crippen LogP contribution in [0.2, 0.25) is 0 Å². The Morgan fingerprint density at radius 3 is 1.07 bits per heavy atom. The van der Waals surface area contributed by atoms with Crippen molar-refractivity contribution in [2.45, 2.75) is 51.4 Å².